The fourth-order valence-electron chi connectivity index (χ4n) is 5.67. The van der Waals surface area contributed by atoms with E-state index in [0.29, 0.717) is 32.3 Å². The Bertz CT molecular complexity index is 870. The van der Waals surface area contributed by atoms with E-state index in [4.69, 9.17) is 27.8 Å². The van der Waals surface area contributed by atoms with E-state index in [1.165, 1.54) is 18.9 Å². The van der Waals surface area contributed by atoms with Crippen LogP contribution in [0.2, 0.25) is 51.4 Å². The van der Waals surface area contributed by atoms with Crippen molar-refractivity contribution in [2.45, 2.75) is 148 Å². The van der Waals surface area contributed by atoms with Crippen LogP contribution in [0.25, 0.3) is 0 Å². The van der Waals surface area contributed by atoms with Crippen LogP contribution in [0.4, 0.5) is 4.79 Å². The first kappa shape index (κ1) is 40.5. The summed E-state index contributed by atoms with van der Waals surface area (Å²) in [6, 6.07) is 2.30. The van der Waals surface area contributed by atoms with Gasteiger partial charge in [-0.25, -0.2) is 4.79 Å². The Labute approximate surface area is 267 Å². The van der Waals surface area contributed by atoms with Crippen molar-refractivity contribution in [3.05, 3.63) is 12.2 Å². The third-order valence-electron chi connectivity index (χ3n) is 9.64. The van der Waals surface area contributed by atoms with Crippen molar-refractivity contribution < 1.29 is 32.6 Å². The predicted molar refractivity (Wildman–Crippen MR) is 185 cm³/mol. The van der Waals surface area contributed by atoms with Crippen molar-refractivity contribution in [1.82, 2.24) is 5.32 Å². The van der Waals surface area contributed by atoms with Gasteiger partial charge in [-0.2, -0.15) is 0 Å². The molecule has 11 heteroatoms. The number of hydrogen-bond donors (Lipinski definition) is 1. The molecule has 4 atom stereocenters. The van der Waals surface area contributed by atoms with Crippen LogP contribution in [0.3, 0.4) is 0 Å². The Morgan fingerprint density at radius 2 is 1.60 bits per heavy atom. The third kappa shape index (κ3) is 12.6. The molecule has 43 heavy (non-hydrogen) atoms. The van der Waals surface area contributed by atoms with E-state index >= 15 is 0 Å². The fourth-order valence-corrected chi connectivity index (χ4v) is 17.5. The number of rotatable bonds is 23. The molecule has 1 amide bonds. The van der Waals surface area contributed by atoms with E-state index in [-0.39, 0.29) is 29.4 Å². The zero-order valence-corrected chi connectivity index (χ0v) is 33.1. The zero-order chi connectivity index (χ0) is 33.1. The highest BCUT2D eigenvalue weighted by atomic mass is 28.4. The predicted octanol–water partition coefficient (Wildman–Crippen LogP) is 8.05. The van der Waals surface area contributed by atoms with Gasteiger partial charge in [0.2, 0.25) is 8.32 Å². The Balaban J connectivity index is 2.47. The van der Waals surface area contributed by atoms with Crippen LogP contribution in [0.5, 0.6) is 0 Å². The van der Waals surface area contributed by atoms with Gasteiger partial charge in [-0.3, -0.25) is 0 Å². The first-order valence-corrected chi connectivity index (χ1v) is 25.8. The lowest BCUT2D eigenvalue weighted by Crippen LogP contribution is -2.68. The summed E-state index contributed by atoms with van der Waals surface area (Å²) in [5.41, 5.74) is 0.943. The van der Waals surface area contributed by atoms with Gasteiger partial charge in [-0.1, -0.05) is 66.3 Å². The number of hydrogen-bond acceptors (Lipinski definition) is 7. The number of unbranched alkanes of at least 4 members (excludes halogenated alkanes) is 1. The maximum absolute atomic E-state index is 11.9. The molecule has 1 heterocycles. The van der Waals surface area contributed by atoms with Crippen molar-refractivity contribution in [3.8, 4) is 0 Å². The second kappa shape index (κ2) is 17.4. The third-order valence-corrected chi connectivity index (χ3v) is 21.5. The quantitative estimate of drug-likeness (QED) is 0.0513. The minimum Gasteiger partial charge on any atom is -0.447 e. The molecule has 254 valence electrons. The lowest BCUT2D eigenvalue weighted by Gasteiger charge is -2.55. The molecule has 0 aliphatic carbocycles. The lowest BCUT2D eigenvalue weighted by molar-refractivity contribution is 0.0477. The molecule has 1 saturated heterocycles. The molecule has 1 N–H and O–H groups in total. The van der Waals surface area contributed by atoms with E-state index in [1.54, 1.807) is 0 Å². The van der Waals surface area contributed by atoms with Gasteiger partial charge in [0.1, 0.15) is 12.7 Å². The van der Waals surface area contributed by atoms with Crippen molar-refractivity contribution in [1.29, 1.82) is 0 Å². The Morgan fingerprint density at radius 3 is 2.14 bits per heavy atom. The molecule has 4 unspecified atom stereocenters. The van der Waals surface area contributed by atoms with Gasteiger partial charge in [0.15, 0.2) is 14.6 Å². The monoisotopic (exact) mass is 661 g/mol. The van der Waals surface area contributed by atoms with Gasteiger partial charge in [0.25, 0.3) is 0 Å². The zero-order valence-electron chi connectivity index (χ0n) is 30.1. The van der Waals surface area contributed by atoms with E-state index < -0.39 is 30.8 Å². The standard InChI is InChI=1S/C32H67NO7Si3/c1-15-17-24-41(9,10)32(8,27(5)6)40-43(13,14)31(7,16-2)39-42(11,12)25-18-20-35-22-23-37-30(34)33-19-21-36-29-28(38-29)26(3)4/h27-29H,3,15-25H2,1-2,4-14H3,(H,33,34). The number of nitrogens with one attached hydrogen (secondary N) is 1. The molecular formula is C32H67NO7Si3. The fraction of sp³-hybridized carbons (Fsp3) is 0.906. The Morgan fingerprint density at radius 1 is 0.953 bits per heavy atom. The van der Waals surface area contributed by atoms with Gasteiger partial charge in [-0.05, 0) is 77.3 Å². The summed E-state index contributed by atoms with van der Waals surface area (Å²) < 4.78 is 36.3. The van der Waals surface area contributed by atoms with Gasteiger partial charge < -0.3 is 33.1 Å². The molecule has 0 radical (unpaired) electrons. The first-order chi connectivity index (χ1) is 19.8. The SMILES string of the molecule is C=C(C)C1OC1OCCNC(=O)OCCOCCC[Si](C)(C)OC(C)(CC)[Si](C)(C)OC(C)(C(C)C)[Si](C)(C)CCCC. The molecule has 1 aliphatic heterocycles. The average Bonchev–Trinajstić information content (AvgIpc) is 3.68. The number of carbonyl (C=O) groups is 1. The second-order valence-corrected chi connectivity index (χ2v) is 28.5. The maximum atomic E-state index is 11.9. The van der Waals surface area contributed by atoms with Gasteiger partial charge in [0.05, 0.1) is 26.5 Å². The van der Waals surface area contributed by atoms with Crippen LogP contribution >= 0.6 is 0 Å². The maximum Gasteiger partial charge on any atom is 0.407 e. The second-order valence-electron chi connectivity index (χ2n) is 14.7. The Hall–Kier alpha value is -0.539. The van der Waals surface area contributed by atoms with Gasteiger partial charge in [-0.15, -0.1) is 0 Å². The van der Waals surface area contributed by atoms with Crippen LogP contribution in [0.15, 0.2) is 12.2 Å². The summed E-state index contributed by atoms with van der Waals surface area (Å²) in [7, 11) is -5.92. The minimum atomic E-state index is -2.27. The van der Waals surface area contributed by atoms with E-state index in [0.717, 1.165) is 24.5 Å². The lowest BCUT2D eigenvalue weighted by atomic mass is 10.1. The van der Waals surface area contributed by atoms with E-state index in [9.17, 15) is 4.79 Å². The number of carbonyl (C=O) groups excluding carboxylic acids is 1. The van der Waals surface area contributed by atoms with Crippen molar-refractivity contribution in [3.63, 3.8) is 0 Å². The van der Waals surface area contributed by atoms with Gasteiger partial charge in [0, 0.05) is 18.4 Å². The number of alkyl carbamates (subject to hydrolysis) is 1. The highest BCUT2D eigenvalue weighted by Crippen LogP contribution is 2.43. The molecule has 1 fully saturated rings. The number of epoxide rings is 1. The molecule has 1 rings (SSSR count). The summed E-state index contributed by atoms with van der Waals surface area (Å²) in [6.07, 6.45) is 3.63. The smallest absolute Gasteiger partial charge is 0.407 e. The molecule has 0 aromatic rings. The van der Waals surface area contributed by atoms with Crippen LogP contribution in [0, 0.1) is 5.92 Å². The van der Waals surface area contributed by atoms with Gasteiger partial charge >= 0.3 is 6.09 Å². The molecule has 1 aliphatic rings. The normalized spacial score (nSPS) is 20.4. The molecule has 0 bridgehead atoms. The molecular weight excluding hydrogens is 595 g/mol. The van der Waals surface area contributed by atoms with Crippen molar-refractivity contribution >= 4 is 30.8 Å². The summed E-state index contributed by atoms with van der Waals surface area (Å²) in [4.78, 5) is 11.9. The minimum absolute atomic E-state index is 0.0250. The molecule has 0 aromatic heterocycles. The Kier molecular flexibility index (Phi) is 16.4. The average molecular weight is 662 g/mol. The van der Waals surface area contributed by atoms with Crippen LogP contribution < -0.4 is 5.32 Å². The largest absolute Gasteiger partial charge is 0.447 e. The summed E-state index contributed by atoms with van der Waals surface area (Å²) in [6.45, 7) is 36.0. The first-order valence-electron chi connectivity index (χ1n) is 16.6. The van der Waals surface area contributed by atoms with Crippen molar-refractivity contribution in [2.24, 2.45) is 5.92 Å². The molecule has 0 spiro atoms. The van der Waals surface area contributed by atoms with Crippen molar-refractivity contribution in [2.75, 3.05) is 33.0 Å². The molecule has 0 aromatic carbocycles. The summed E-state index contributed by atoms with van der Waals surface area (Å²) >= 11 is 0. The van der Waals surface area contributed by atoms with E-state index in [1.807, 2.05) is 6.92 Å². The molecule has 0 saturated carbocycles. The number of amides is 1. The number of ether oxygens (including phenoxy) is 4. The summed E-state index contributed by atoms with van der Waals surface area (Å²) in [5, 5.41) is 2.31. The molecule has 8 nitrogen and oxygen atoms in total. The van der Waals surface area contributed by atoms with Crippen LogP contribution in [-0.2, 0) is 27.8 Å². The summed E-state index contributed by atoms with van der Waals surface area (Å²) in [5.74, 6) is 0.461. The van der Waals surface area contributed by atoms with Crippen LogP contribution in [-0.4, -0.2) is 86.6 Å². The van der Waals surface area contributed by atoms with E-state index in [2.05, 4.69) is 92.7 Å². The highest BCUT2D eigenvalue weighted by Gasteiger charge is 2.55. The topological polar surface area (TPSA) is 87.8 Å². The van der Waals surface area contributed by atoms with Crippen LogP contribution in [0.1, 0.15) is 74.1 Å². The highest BCUT2D eigenvalue weighted by molar-refractivity contribution is 6.83.